The molecule has 220 valence electrons. The molecule has 10 heteroatoms. The number of aryl methyl sites for hydroxylation is 1. The van der Waals surface area contributed by atoms with E-state index in [4.69, 9.17) is 16.7 Å². The van der Waals surface area contributed by atoms with Crippen molar-refractivity contribution >= 4 is 46.9 Å². The lowest BCUT2D eigenvalue weighted by atomic mass is 9.99. The number of benzene rings is 3. The van der Waals surface area contributed by atoms with E-state index in [0.29, 0.717) is 37.0 Å². The van der Waals surface area contributed by atoms with Gasteiger partial charge in [-0.1, -0.05) is 77.8 Å². The van der Waals surface area contributed by atoms with Gasteiger partial charge in [-0.3, -0.25) is 19.3 Å². The van der Waals surface area contributed by atoms with Crippen molar-refractivity contribution in [3.05, 3.63) is 101 Å². The van der Waals surface area contributed by atoms with Gasteiger partial charge in [-0.05, 0) is 30.7 Å². The van der Waals surface area contributed by atoms with Crippen molar-refractivity contribution in [2.75, 3.05) is 43.4 Å². The van der Waals surface area contributed by atoms with Crippen molar-refractivity contribution in [2.24, 2.45) is 0 Å². The minimum absolute atomic E-state index is 0.00230. The Hall–Kier alpha value is -4.08. The van der Waals surface area contributed by atoms with Crippen molar-refractivity contribution in [3.8, 4) is 16.9 Å². The molecule has 2 aliphatic heterocycles. The summed E-state index contributed by atoms with van der Waals surface area (Å²) >= 11 is 8.28. The highest BCUT2D eigenvalue weighted by Crippen LogP contribution is 2.49. The third-order valence-corrected chi connectivity index (χ3v) is 9.55. The predicted octanol–water partition coefficient (Wildman–Crippen LogP) is 5.36. The van der Waals surface area contributed by atoms with Gasteiger partial charge in [0.15, 0.2) is 0 Å². The van der Waals surface area contributed by atoms with E-state index in [0.717, 1.165) is 33.6 Å². The van der Waals surface area contributed by atoms with Crippen molar-refractivity contribution < 1.29 is 14.4 Å². The molecule has 4 aromatic rings. The molecule has 6 rings (SSSR count). The number of carbonyl (C=O) groups excluding carboxylic acids is 3. The van der Waals surface area contributed by atoms with Crippen LogP contribution in [0.2, 0.25) is 5.02 Å². The topological polar surface area (TPSA) is 78.8 Å². The molecule has 0 spiro atoms. The normalized spacial score (nSPS) is 17.0. The summed E-state index contributed by atoms with van der Waals surface area (Å²) in [6.45, 7) is 5.24. The highest BCUT2D eigenvalue weighted by molar-refractivity contribution is 8.00. The SMILES string of the molecule is CC(=O)N1CCN(C(=O)CN2C(=O)CS[C@H](c3ccccc3Cl)c3c(-c4ccccc4)nn(-c4ccc(C)cc4)c32)CC1. The van der Waals surface area contributed by atoms with Crippen molar-refractivity contribution in [1.82, 2.24) is 19.6 Å². The molecule has 0 radical (unpaired) electrons. The molecule has 3 heterocycles. The summed E-state index contributed by atoms with van der Waals surface area (Å²) < 4.78 is 1.80. The number of fused-ring (bicyclic) bond motifs is 1. The van der Waals surface area contributed by atoms with Crippen molar-refractivity contribution in [1.29, 1.82) is 0 Å². The summed E-state index contributed by atoms with van der Waals surface area (Å²) in [5.74, 6) is 0.389. The Morgan fingerprint density at radius 3 is 2.23 bits per heavy atom. The first-order valence-electron chi connectivity index (χ1n) is 14.3. The highest BCUT2D eigenvalue weighted by atomic mass is 35.5. The fraction of sp³-hybridized carbons (Fsp3) is 0.273. The Balaban J connectivity index is 1.52. The van der Waals surface area contributed by atoms with Gasteiger partial charge in [-0.25, -0.2) is 4.68 Å². The monoisotopic (exact) mass is 613 g/mol. The van der Waals surface area contributed by atoms with E-state index in [1.807, 2.05) is 85.8 Å². The Morgan fingerprint density at radius 1 is 0.907 bits per heavy atom. The van der Waals surface area contributed by atoms with E-state index < -0.39 is 0 Å². The van der Waals surface area contributed by atoms with Gasteiger partial charge >= 0.3 is 0 Å². The zero-order valence-electron chi connectivity index (χ0n) is 24.1. The maximum Gasteiger partial charge on any atom is 0.242 e. The van der Waals surface area contributed by atoms with Gasteiger partial charge in [0.2, 0.25) is 17.7 Å². The molecular formula is C33H32ClN5O3S. The van der Waals surface area contributed by atoms with Crippen LogP contribution in [0.15, 0.2) is 78.9 Å². The molecule has 1 saturated heterocycles. The molecule has 0 aliphatic carbocycles. The van der Waals surface area contributed by atoms with Gasteiger partial charge in [0.1, 0.15) is 12.4 Å². The molecular weight excluding hydrogens is 582 g/mol. The number of piperazine rings is 1. The van der Waals surface area contributed by atoms with Gasteiger partial charge in [0, 0.05) is 49.3 Å². The number of anilines is 1. The molecule has 0 unspecified atom stereocenters. The van der Waals surface area contributed by atoms with E-state index in [2.05, 4.69) is 0 Å². The fourth-order valence-corrected chi connectivity index (χ4v) is 7.18. The Bertz CT molecular complexity index is 1670. The summed E-state index contributed by atoms with van der Waals surface area (Å²) in [5, 5.41) is 5.44. The van der Waals surface area contributed by atoms with Crippen molar-refractivity contribution in [2.45, 2.75) is 19.1 Å². The number of carbonyl (C=O) groups is 3. The van der Waals surface area contributed by atoms with E-state index in [-0.39, 0.29) is 35.3 Å². The maximum atomic E-state index is 14.0. The van der Waals surface area contributed by atoms with Crippen molar-refractivity contribution in [3.63, 3.8) is 0 Å². The maximum absolute atomic E-state index is 14.0. The lowest BCUT2D eigenvalue weighted by molar-refractivity contribution is -0.137. The third kappa shape index (κ3) is 5.79. The van der Waals surface area contributed by atoms with Gasteiger partial charge in [-0.2, -0.15) is 5.10 Å². The van der Waals surface area contributed by atoms with Crippen LogP contribution in [0, 0.1) is 6.92 Å². The molecule has 1 fully saturated rings. The number of aromatic nitrogens is 2. The van der Waals surface area contributed by atoms with Crippen LogP contribution in [0.3, 0.4) is 0 Å². The van der Waals surface area contributed by atoms with Crippen LogP contribution < -0.4 is 4.90 Å². The second-order valence-corrected chi connectivity index (χ2v) is 12.3. The molecule has 43 heavy (non-hydrogen) atoms. The molecule has 0 bridgehead atoms. The van der Waals surface area contributed by atoms with Gasteiger partial charge in [0.25, 0.3) is 0 Å². The van der Waals surface area contributed by atoms with E-state index in [9.17, 15) is 14.4 Å². The molecule has 3 amide bonds. The van der Waals surface area contributed by atoms with Crippen LogP contribution in [0.25, 0.3) is 16.9 Å². The fourth-order valence-electron chi connectivity index (χ4n) is 5.63. The predicted molar refractivity (Wildman–Crippen MR) is 171 cm³/mol. The average Bonchev–Trinajstić information content (AvgIpc) is 3.35. The van der Waals surface area contributed by atoms with Crippen LogP contribution in [0.5, 0.6) is 0 Å². The number of amides is 3. The first kappa shape index (κ1) is 29.0. The second kappa shape index (κ2) is 12.3. The third-order valence-electron chi connectivity index (χ3n) is 7.97. The van der Waals surface area contributed by atoms with Gasteiger partial charge in [-0.15, -0.1) is 11.8 Å². The van der Waals surface area contributed by atoms with E-state index in [1.54, 1.807) is 26.3 Å². The number of thioether (sulfide) groups is 1. The van der Waals surface area contributed by atoms with Crippen LogP contribution in [-0.4, -0.2) is 75.8 Å². The molecule has 1 atom stereocenters. The lowest BCUT2D eigenvalue weighted by Gasteiger charge is -2.35. The summed E-state index contributed by atoms with van der Waals surface area (Å²) in [6, 6.07) is 25.6. The standard InChI is InChI=1S/C33H32ClN5O3S/c1-22-12-14-25(15-13-22)39-33-30(31(35-39)24-8-4-3-5-9-24)32(26-10-6-7-11-27(26)34)43-21-29(42)38(33)20-28(41)37-18-16-36(17-19-37)23(2)40/h3-15,32H,16-21H2,1-2H3/t32-/m1/s1. The number of nitrogens with zero attached hydrogens (tertiary/aromatic N) is 5. The number of rotatable bonds is 5. The molecule has 8 nitrogen and oxygen atoms in total. The van der Waals surface area contributed by atoms with Crippen LogP contribution in [0.1, 0.15) is 28.9 Å². The summed E-state index contributed by atoms with van der Waals surface area (Å²) in [6.07, 6.45) is 0. The molecule has 1 aromatic heterocycles. The zero-order chi connectivity index (χ0) is 30.1. The molecule has 0 saturated carbocycles. The van der Waals surface area contributed by atoms with Crippen LogP contribution in [0.4, 0.5) is 5.82 Å². The molecule has 3 aromatic carbocycles. The zero-order valence-corrected chi connectivity index (χ0v) is 25.6. The quantitative estimate of drug-likeness (QED) is 0.303. The number of halogens is 1. The number of hydrogen-bond donors (Lipinski definition) is 0. The minimum atomic E-state index is -0.304. The molecule has 2 aliphatic rings. The summed E-state index contributed by atoms with van der Waals surface area (Å²) in [4.78, 5) is 44.7. The largest absolute Gasteiger partial charge is 0.339 e. The minimum Gasteiger partial charge on any atom is -0.339 e. The Labute approximate surface area is 260 Å². The second-order valence-electron chi connectivity index (χ2n) is 10.8. The van der Waals surface area contributed by atoms with Gasteiger partial charge < -0.3 is 9.80 Å². The Morgan fingerprint density at radius 2 is 1.56 bits per heavy atom. The molecule has 0 N–H and O–H groups in total. The summed E-state index contributed by atoms with van der Waals surface area (Å²) in [5.41, 5.74) is 5.25. The average molecular weight is 614 g/mol. The lowest BCUT2D eigenvalue weighted by Crippen LogP contribution is -2.53. The van der Waals surface area contributed by atoms with Crippen LogP contribution >= 0.6 is 23.4 Å². The van der Waals surface area contributed by atoms with Gasteiger partial charge in [0.05, 0.1) is 22.4 Å². The van der Waals surface area contributed by atoms with Crippen LogP contribution in [-0.2, 0) is 14.4 Å². The van der Waals surface area contributed by atoms with E-state index in [1.165, 1.54) is 11.8 Å². The Kier molecular flexibility index (Phi) is 8.27. The smallest absolute Gasteiger partial charge is 0.242 e. The van der Waals surface area contributed by atoms with E-state index >= 15 is 0 Å². The number of hydrogen-bond acceptors (Lipinski definition) is 5. The first-order valence-corrected chi connectivity index (χ1v) is 15.7. The highest BCUT2D eigenvalue weighted by Gasteiger charge is 2.39. The first-order chi connectivity index (χ1) is 20.8. The summed E-state index contributed by atoms with van der Waals surface area (Å²) in [7, 11) is 0.